The number of nitrogens with zero attached hydrogens (tertiary/aromatic N) is 4. The smallest absolute Gasteiger partial charge is 0.146 e. The summed E-state index contributed by atoms with van der Waals surface area (Å²) in [5.41, 5.74) is 2.41. The standard InChI is InChI=1S/C19H25N5S2/c1-11-13(3)26-19-17(11)18(20-9-16-21-12(2)14(4)25-16)22-15(23-19)10-24-7-5-6-8-24/h5-10H2,1-4H3,(H,20,22,23). The van der Waals surface area contributed by atoms with Crippen molar-refractivity contribution in [1.82, 2.24) is 19.9 Å². The summed E-state index contributed by atoms with van der Waals surface area (Å²) in [5, 5.41) is 5.83. The lowest BCUT2D eigenvalue weighted by molar-refractivity contribution is 0.323. The average Bonchev–Trinajstić information content (AvgIpc) is 3.28. The molecule has 4 rings (SSSR count). The van der Waals surface area contributed by atoms with Gasteiger partial charge in [0.25, 0.3) is 0 Å². The van der Waals surface area contributed by atoms with Crippen molar-refractivity contribution < 1.29 is 0 Å². The van der Waals surface area contributed by atoms with Crippen LogP contribution >= 0.6 is 22.7 Å². The molecule has 1 saturated heterocycles. The Morgan fingerprint density at radius 1 is 0.962 bits per heavy atom. The zero-order valence-electron chi connectivity index (χ0n) is 15.8. The number of thiophene rings is 1. The van der Waals surface area contributed by atoms with Crippen molar-refractivity contribution in [2.45, 2.75) is 53.6 Å². The van der Waals surface area contributed by atoms with Crippen LogP contribution in [0.2, 0.25) is 0 Å². The van der Waals surface area contributed by atoms with E-state index in [1.54, 1.807) is 22.7 Å². The van der Waals surface area contributed by atoms with Crippen LogP contribution in [0.1, 0.15) is 44.7 Å². The number of aryl methyl sites for hydroxylation is 4. The van der Waals surface area contributed by atoms with E-state index in [0.29, 0.717) is 6.54 Å². The molecule has 4 heterocycles. The largest absolute Gasteiger partial charge is 0.363 e. The summed E-state index contributed by atoms with van der Waals surface area (Å²) in [6.07, 6.45) is 2.57. The van der Waals surface area contributed by atoms with E-state index in [0.717, 1.165) is 46.8 Å². The predicted molar refractivity (Wildman–Crippen MR) is 110 cm³/mol. The number of fused-ring (bicyclic) bond motifs is 1. The molecular weight excluding hydrogens is 362 g/mol. The third-order valence-corrected chi connectivity index (χ3v) is 7.29. The maximum absolute atomic E-state index is 4.90. The Labute approximate surface area is 162 Å². The minimum Gasteiger partial charge on any atom is -0.363 e. The number of aromatic nitrogens is 3. The van der Waals surface area contributed by atoms with Crippen molar-refractivity contribution in [1.29, 1.82) is 0 Å². The van der Waals surface area contributed by atoms with E-state index in [2.05, 4.69) is 42.9 Å². The van der Waals surface area contributed by atoms with Crippen molar-refractivity contribution in [3.05, 3.63) is 31.8 Å². The number of anilines is 1. The Bertz CT molecular complexity index is 918. The van der Waals surface area contributed by atoms with Gasteiger partial charge in [0.05, 0.1) is 24.2 Å². The number of thiazole rings is 1. The summed E-state index contributed by atoms with van der Waals surface area (Å²) in [4.78, 5) is 20.6. The normalized spacial score (nSPS) is 15.2. The van der Waals surface area contributed by atoms with E-state index in [4.69, 9.17) is 9.97 Å². The van der Waals surface area contributed by atoms with Crippen LogP contribution in [0.25, 0.3) is 10.2 Å². The number of nitrogens with one attached hydrogen (secondary N) is 1. The molecule has 26 heavy (non-hydrogen) atoms. The summed E-state index contributed by atoms with van der Waals surface area (Å²) < 4.78 is 0. The molecule has 1 aliphatic rings. The fourth-order valence-corrected chi connectivity index (χ4v) is 5.33. The zero-order chi connectivity index (χ0) is 18.3. The minimum absolute atomic E-state index is 0.711. The third-order valence-electron chi connectivity index (χ3n) is 5.12. The summed E-state index contributed by atoms with van der Waals surface area (Å²) in [6.45, 7) is 12.4. The highest BCUT2D eigenvalue weighted by atomic mass is 32.1. The zero-order valence-corrected chi connectivity index (χ0v) is 17.5. The number of hydrogen-bond acceptors (Lipinski definition) is 7. The molecule has 1 fully saturated rings. The first kappa shape index (κ1) is 17.8. The van der Waals surface area contributed by atoms with E-state index >= 15 is 0 Å². The van der Waals surface area contributed by atoms with E-state index in [9.17, 15) is 0 Å². The highest BCUT2D eigenvalue weighted by Crippen LogP contribution is 2.34. The third kappa shape index (κ3) is 3.48. The average molecular weight is 388 g/mol. The van der Waals surface area contributed by atoms with Gasteiger partial charge in [0.2, 0.25) is 0 Å². The first-order valence-electron chi connectivity index (χ1n) is 9.17. The van der Waals surface area contributed by atoms with Gasteiger partial charge in [0.1, 0.15) is 21.5 Å². The van der Waals surface area contributed by atoms with Gasteiger partial charge in [-0.3, -0.25) is 4.90 Å². The van der Waals surface area contributed by atoms with Crippen molar-refractivity contribution in [2.75, 3.05) is 18.4 Å². The van der Waals surface area contributed by atoms with Crippen LogP contribution in [-0.2, 0) is 13.1 Å². The SMILES string of the molecule is Cc1nc(CNc2nc(CN3CCCC3)nc3sc(C)c(C)c23)sc1C. The second kappa shape index (κ2) is 7.21. The molecule has 0 unspecified atom stereocenters. The fourth-order valence-electron chi connectivity index (χ4n) is 3.41. The van der Waals surface area contributed by atoms with Crippen LogP contribution in [0, 0.1) is 27.7 Å². The van der Waals surface area contributed by atoms with Gasteiger partial charge >= 0.3 is 0 Å². The van der Waals surface area contributed by atoms with E-state index in [-0.39, 0.29) is 0 Å². The van der Waals surface area contributed by atoms with Gasteiger partial charge in [-0.2, -0.15) is 0 Å². The van der Waals surface area contributed by atoms with Gasteiger partial charge < -0.3 is 5.32 Å². The van der Waals surface area contributed by atoms with Gasteiger partial charge in [-0.05, 0) is 59.2 Å². The molecule has 0 radical (unpaired) electrons. The second-order valence-corrected chi connectivity index (χ2v) is 9.53. The molecule has 0 saturated carbocycles. The van der Waals surface area contributed by atoms with Crippen molar-refractivity contribution in [3.63, 3.8) is 0 Å². The number of likely N-dealkylation sites (tertiary alicyclic amines) is 1. The minimum atomic E-state index is 0.711. The van der Waals surface area contributed by atoms with Crippen LogP contribution in [0.4, 0.5) is 5.82 Å². The molecule has 0 spiro atoms. The number of rotatable bonds is 5. The van der Waals surface area contributed by atoms with Crippen molar-refractivity contribution in [2.24, 2.45) is 0 Å². The lowest BCUT2D eigenvalue weighted by atomic mass is 10.2. The predicted octanol–water partition coefficient (Wildman–Crippen LogP) is 4.59. The molecule has 3 aromatic rings. The molecule has 7 heteroatoms. The molecule has 5 nitrogen and oxygen atoms in total. The molecule has 0 atom stereocenters. The summed E-state index contributed by atoms with van der Waals surface area (Å²) in [6, 6.07) is 0. The van der Waals surface area contributed by atoms with Crippen LogP contribution in [-0.4, -0.2) is 32.9 Å². The van der Waals surface area contributed by atoms with Crippen LogP contribution in [0.5, 0.6) is 0 Å². The van der Waals surface area contributed by atoms with Crippen molar-refractivity contribution in [3.8, 4) is 0 Å². The molecule has 0 amide bonds. The Balaban J connectivity index is 1.65. The Kier molecular flexibility index (Phi) is 4.94. The highest BCUT2D eigenvalue weighted by molar-refractivity contribution is 7.18. The maximum atomic E-state index is 4.90. The van der Waals surface area contributed by atoms with Gasteiger partial charge in [0, 0.05) is 9.75 Å². The Hall–Kier alpha value is -1.57. The van der Waals surface area contributed by atoms with Crippen LogP contribution in [0.3, 0.4) is 0 Å². The molecule has 138 valence electrons. The van der Waals surface area contributed by atoms with Gasteiger partial charge in [-0.25, -0.2) is 15.0 Å². The highest BCUT2D eigenvalue weighted by Gasteiger charge is 2.18. The molecule has 3 aromatic heterocycles. The lowest BCUT2D eigenvalue weighted by Crippen LogP contribution is -2.20. The van der Waals surface area contributed by atoms with Crippen LogP contribution < -0.4 is 5.32 Å². The summed E-state index contributed by atoms with van der Waals surface area (Å²) >= 11 is 3.53. The summed E-state index contributed by atoms with van der Waals surface area (Å²) in [5.74, 6) is 1.88. The lowest BCUT2D eigenvalue weighted by Gasteiger charge is -2.14. The van der Waals surface area contributed by atoms with Gasteiger partial charge in [0.15, 0.2) is 0 Å². The Morgan fingerprint density at radius 2 is 1.73 bits per heavy atom. The first-order chi connectivity index (χ1) is 12.5. The summed E-state index contributed by atoms with van der Waals surface area (Å²) in [7, 11) is 0. The van der Waals surface area contributed by atoms with E-state index in [1.807, 2.05) is 0 Å². The molecule has 1 N–H and O–H groups in total. The topological polar surface area (TPSA) is 53.9 Å². The first-order valence-corrected chi connectivity index (χ1v) is 10.8. The molecule has 0 aromatic carbocycles. The van der Waals surface area contributed by atoms with Crippen molar-refractivity contribution >= 4 is 38.7 Å². The Morgan fingerprint density at radius 3 is 2.42 bits per heavy atom. The quantitative estimate of drug-likeness (QED) is 0.694. The van der Waals surface area contributed by atoms with Crippen LogP contribution in [0.15, 0.2) is 0 Å². The number of hydrogen-bond donors (Lipinski definition) is 1. The van der Waals surface area contributed by atoms with Gasteiger partial charge in [-0.15, -0.1) is 22.7 Å². The monoisotopic (exact) mass is 387 g/mol. The van der Waals surface area contributed by atoms with E-state index < -0.39 is 0 Å². The molecule has 0 bridgehead atoms. The fraction of sp³-hybridized carbons (Fsp3) is 0.526. The second-order valence-electron chi connectivity index (χ2n) is 7.04. The molecular formula is C19H25N5S2. The maximum Gasteiger partial charge on any atom is 0.146 e. The molecule has 1 aliphatic heterocycles. The van der Waals surface area contributed by atoms with E-state index in [1.165, 1.54) is 33.5 Å². The van der Waals surface area contributed by atoms with Gasteiger partial charge in [-0.1, -0.05) is 0 Å². The molecule has 0 aliphatic carbocycles.